The summed E-state index contributed by atoms with van der Waals surface area (Å²) in [4.78, 5) is 26.2. The van der Waals surface area contributed by atoms with Gasteiger partial charge in [0.15, 0.2) is 6.10 Å². The van der Waals surface area contributed by atoms with Gasteiger partial charge >= 0.3 is 5.69 Å². The van der Waals surface area contributed by atoms with E-state index in [2.05, 4.69) is 10.3 Å². The van der Waals surface area contributed by atoms with Crippen molar-refractivity contribution in [3.05, 3.63) is 52.7 Å². The topological polar surface area (TPSA) is 104 Å². The molecule has 25 heavy (non-hydrogen) atoms. The number of benzene rings is 1. The van der Waals surface area contributed by atoms with E-state index < -0.39 is 11.0 Å². The molecule has 0 unspecified atom stereocenters. The van der Waals surface area contributed by atoms with Gasteiger partial charge in [-0.25, -0.2) is 4.98 Å². The Morgan fingerprint density at radius 3 is 2.68 bits per heavy atom. The molecule has 3 rings (SSSR count). The van der Waals surface area contributed by atoms with Crippen molar-refractivity contribution in [3.63, 3.8) is 0 Å². The summed E-state index contributed by atoms with van der Waals surface area (Å²) in [5.41, 5.74) is -0.210. The molecule has 130 valence electrons. The van der Waals surface area contributed by atoms with Crippen LogP contribution in [0.2, 0.25) is 0 Å². The SMILES string of the molecule is O=C1NCCCC[C@@H]1Oc1ccc(Oc2ncccc2[N+](=O)[O-])cc1. The van der Waals surface area contributed by atoms with Gasteiger partial charge in [0, 0.05) is 18.8 Å². The number of nitro groups is 1. The van der Waals surface area contributed by atoms with Crippen LogP contribution in [-0.4, -0.2) is 28.5 Å². The van der Waals surface area contributed by atoms with Crippen molar-refractivity contribution < 1.29 is 19.2 Å². The van der Waals surface area contributed by atoms with Crippen LogP contribution in [-0.2, 0) is 4.79 Å². The maximum Gasteiger partial charge on any atom is 0.331 e. The van der Waals surface area contributed by atoms with Gasteiger partial charge in [-0.15, -0.1) is 0 Å². The second-order valence-electron chi connectivity index (χ2n) is 5.55. The summed E-state index contributed by atoms with van der Waals surface area (Å²) < 4.78 is 11.2. The average Bonchev–Trinajstić information content (AvgIpc) is 2.81. The number of hydrogen-bond acceptors (Lipinski definition) is 6. The Morgan fingerprint density at radius 2 is 1.92 bits per heavy atom. The Hall–Kier alpha value is -3.16. The first-order valence-electron chi connectivity index (χ1n) is 7.95. The van der Waals surface area contributed by atoms with Gasteiger partial charge in [-0.1, -0.05) is 0 Å². The Morgan fingerprint density at radius 1 is 1.16 bits per heavy atom. The molecule has 8 nitrogen and oxygen atoms in total. The molecule has 1 aromatic carbocycles. The Balaban J connectivity index is 1.68. The van der Waals surface area contributed by atoms with Gasteiger partial charge in [-0.2, -0.15) is 0 Å². The third-order valence-corrected chi connectivity index (χ3v) is 3.75. The average molecular weight is 343 g/mol. The molecule has 1 fully saturated rings. The third kappa shape index (κ3) is 4.23. The van der Waals surface area contributed by atoms with E-state index in [0.717, 1.165) is 12.8 Å². The van der Waals surface area contributed by atoms with Gasteiger partial charge in [-0.3, -0.25) is 14.9 Å². The summed E-state index contributed by atoms with van der Waals surface area (Å²) in [6.45, 7) is 0.675. The van der Waals surface area contributed by atoms with Crippen molar-refractivity contribution in [2.45, 2.75) is 25.4 Å². The van der Waals surface area contributed by atoms with E-state index in [-0.39, 0.29) is 17.5 Å². The zero-order chi connectivity index (χ0) is 17.6. The van der Waals surface area contributed by atoms with Gasteiger partial charge in [0.2, 0.25) is 0 Å². The van der Waals surface area contributed by atoms with Gasteiger partial charge in [0.1, 0.15) is 11.5 Å². The van der Waals surface area contributed by atoms with Crippen LogP contribution < -0.4 is 14.8 Å². The first-order valence-corrected chi connectivity index (χ1v) is 7.95. The van der Waals surface area contributed by atoms with Gasteiger partial charge in [0.25, 0.3) is 11.8 Å². The van der Waals surface area contributed by atoms with Crippen molar-refractivity contribution in [1.82, 2.24) is 10.3 Å². The van der Waals surface area contributed by atoms with Crippen molar-refractivity contribution >= 4 is 11.6 Å². The molecule has 0 radical (unpaired) electrons. The third-order valence-electron chi connectivity index (χ3n) is 3.75. The molecule has 1 saturated heterocycles. The molecule has 0 spiro atoms. The summed E-state index contributed by atoms with van der Waals surface area (Å²) in [5, 5.41) is 13.8. The lowest BCUT2D eigenvalue weighted by molar-refractivity contribution is -0.386. The van der Waals surface area contributed by atoms with Crippen LogP contribution in [0.25, 0.3) is 0 Å². The van der Waals surface area contributed by atoms with Gasteiger partial charge < -0.3 is 14.8 Å². The number of carbonyl (C=O) groups excluding carboxylic acids is 1. The van der Waals surface area contributed by atoms with Crippen LogP contribution in [0.4, 0.5) is 5.69 Å². The molecule has 1 aliphatic rings. The highest BCUT2D eigenvalue weighted by Gasteiger charge is 2.22. The number of nitrogens with one attached hydrogen (secondary N) is 1. The summed E-state index contributed by atoms with van der Waals surface area (Å²) >= 11 is 0. The predicted molar refractivity (Wildman–Crippen MR) is 88.7 cm³/mol. The largest absolute Gasteiger partial charge is 0.481 e. The van der Waals surface area contributed by atoms with Crippen molar-refractivity contribution in [2.24, 2.45) is 0 Å². The Kier molecular flexibility index (Phi) is 5.08. The van der Waals surface area contributed by atoms with Crippen LogP contribution in [0.3, 0.4) is 0 Å². The molecule has 2 heterocycles. The molecule has 1 N–H and O–H groups in total. The second kappa shape index (κ2) is 7.61. The molecular weight excluding hydrogens is 326 g/mol. The summed E-state index contributed by atoms with van der Waals surface area (Å²) in [6, 6.07) is 9.33. The Bertz CT molecular complexity index is 763. The van der Waals surface area contributed by atoms with Crippen LogP contribution in [0, 0.1) is 10.1 Å². The molecule has 1 atom stereocenters. The lowest BCUT2D eigenvalue weighted by Gasteiger charge is -2.16. The fraction of sp³-hybridized carbons (Fsp3) is 0.294. The summed E-state index contributed by atoms with van der Waals surface area (Å²) in [7, 11) is 0. The molecule has 1 aromatic heterocycles. The second-order valence-corrected chi connectivity index (χ2v) is 5.55. The van der Waals surface area contributed by atoms with Crippen molar-refractivity contribution in [2.75, 3.05) is 6.54 Å². The minimum atomic E-state index is -0.551. The minimum Gasteiger partial charge on any atom is -0.481 e. The van der Waals surface area contributed by atoms with E-state index in [1.807, 2.05) is 0 Å². The van der Waals surface area contributed by atoms with Crippen LogP contribution in [0.15, 0.2) is 42.6 Å². The maximum atomic E-state index is 11.9. The predicted octanol–water partition coefficient (Wildman–Crippen LogP) is 2.83. The number of pyridine rings is 1. The van der Waals surface area contributed by atoms with Crippen LogP contribution in [0.1, 0.15) is 19.3 Å². The van der Waals surface area contributed by atoms with Crippen molar-refractivity contribution in [3.8, 4) is 17.4 Å². The smallest absolute Gasteiger partial charge is 0.331 e. The molecule has 8 heteroatoms. The number of carbonyl (C=O) groups is 1. The van der Waals surface area contributed by atoms with E-state index >= 15 is 0 Å². The highest BCUT2D eigenvalue weighted by Crippen LogP contribution is 2.29. The lowest BCUT2D eigenvalue weighted by Crippen LogP contribution is -2.36. The van der Waals surface area contributed by atoms with E-state index in [9.17, 15) is 14.9 Å². The highest BCUT2D eigenvalue weighted by molar-refractivity contribution is 5.81. The van der Waals surface area contributed by atoms with E-state index in [1.54, 1.807) is 24.3 Å². The first kappa shape index (κ1) is 16.7. The first-order chi connectivity index (χ1) is 12.1. The van der Waals surface area contributed by atoms with Gasteiger partial charge in [0.05, 0.1) is 4.92 Å². The minimum absolute atomic E-state index is 0.0793. The number of ether oxygens (including phenoxy) is 2. The summed E-state index contributed by atoms with van der Waals surface area (Å²) in [6.07, 6.45) is 3.45. The molecule has 1 amide bonds. The monoisotopic (exact) mass is 343 g/mol. The molecule has 0 aliphatic carbocycles. The molecule has 0 saturated carbocycles. The van der Waals surface area contributed by atoms with Crippen LogP contribution in [0.5, 0.6) is 17.4 Å². The normalized spacial score (nSPS) is 17.3. The molecule has 1 aliphatic heterocycles. The fourth-order valence-corrected chi connectivity index (χ4v) is 2.49. The Labute approximate surface area is 143 Å². The van der Waals surface area contributed by atoms with E-state index in [4.69, 9.17) is 9.47 Å². The fourth-order valence-electron chi connectivity index (χ4n) is 2.49. The number of rotatable bonds is 5. The zero-order valence-electron chi connectivity index (χ0n) is 13.4. The van der Waals surface area contributed by atoms with E-state index in [1.165, 1.54) is 18.3 Å². The number of hydrogen-bond donors (Lipinski definition) is 1. The number of amides is 1. The molecule has 0 bridgehead atoms. The molecule has 2 aromatic rings. The standard InChI is InChI=1S/C17H17N3O5/c21-16-15(5-1-2-10-18-16)24-12-6-8-13(9-7-12)25-17-14(20(22)23)4-3-11-19-17/h3-4,6-9,11,15H,1-2,5,10H2,(H,18,21)/t15-/m0/s1. The van der Waals surface area contributed by atoms with Gasteiger partial charge in [-0.05, 0) is 49.6 Å². The highest BCUT2D eigenvalue weighted by atomic mass is 16.6. The number of aromatic nitrogens is 1. The van der Waals surface area contributed by atoms with Crippen LogP contribution >= 0.6 is 0 Å². The zero-order valence-corrected chi connectivity index (χ0v) is 13.4. The maximum absolute atomic E-state index is 11.9. The quantitative estimate of drug-likeness (QED) is 0.661. The van der Waals surface area contributed by atoms with E-state index in [0.29, 0.717) is 24.5 Å². The molecular formula is C17H17N3O5. The van der Waals surface area contributed by atoms with Crippen molar-refractivity contribution in [1.29, 1.82) is 0 Å². The lowest BCUT2D eigenvalue weighted by atomic mass is 10.2. The summed E-state index contributed by atoms with van der Waals surface area (Å²) in [5.74, 6) is 0.732. The number of nitrogens with zero attached hydrogens (tertiary/aromatic N) is 2.